The molecule has 16 N–H and O–H groups in total. The maximum atomic E-state index is 11.1. The summed E-state index contributed by atoms with van der Waals surface area (Å²) in [6, 6.07) is 85.2. The Balaban J connectivity index is 0.000000197. The second kappa shape index (κ2) is 44.1. The first-order valence-corrected chi connectivity index (χ1v) is 53.0. The van der Waals surface area contributed by atoms with E-state index in [-0.39, 0.29) is 62.6 Å². The SMILES string of the molecule is C.Cc1ccc([As](=O)(O)O)cc1.O=C(O)c1ccc(-c2ccc(C(=O)O)cc2)cc1.O=C(O)c1ccc(Cc2ccc(C(=O)O)cc2)cc1.O=C(O)c1cccc(-c2cccc(C(=O)O)c2)c1.O=[As](O)(O)c1ccc(-c2ccc([As](=O)(O)O)cc2)cc1.O=[As](O)(O)c1ccc(Cc2ccc([As](=O)(O)O)cc2)cc1.c1ccc2c(c1)Oc1ccccc1S2. The maximum absolute atomic E-state index is 11.1. The minimum absolute atomic E-state index is 0. The molecule has 28 nitrogen and oxygen atoms in total. The fourth-order valence-electron chi connectivity index (χ4n) is 10.8. The van der Waals surface area contributed by atoms with Gasteiger partial charge in [-0.2, -0.15) is 0 Å². The monoisotopic (exact) mass is 1990 g/mol. The van der Waals surface area contributed by atoms with Crippen molar-refractivity contribution in [3.63, 3.8) is 0 Å². The number of aromatic carboxylic acids is 6. The molecule has 34 heteroatoms. The average Bonchev–Trinajstić information content (AvgIpc) is 0.809. The smallest absolute Gasteiger partial charge is 0.141 e. The van der Waals surface area contributed by atoms with Gasteiger partial charge in [0.15, 0.2) is 0 Å². The van der Waals surface area contributed by atoms with Crippen LogP contribution in [-0.4, -0.2) is 178 Å². The third-order valence-electron chi connectivity index (χ3n) is 17.2. The third-order valence-corrected chi connectivity index (χ3v) is 28.5. The minimum atomic E-state index is -4.88. The number of benzene rings is 13. The fourth-order valence-corrected chi connectivity index (χ4v) is 17.4. The van der Waals surface area contributed by atoms with Crippen LogP contribution >= 0.6 is 11.8 Å². The summed E-state index contributed by atoms with van der Waals surface area (Å²) in [7, 11) is 0. The first kappa shape index (κ1) is 97.3. The van der Waals surface area contributed by atoms with Crippen LogP contribution in [0.25, 0.3) is 33.4 Å². The molecule has 1 heterocycles. The molecule has 13 aromatic carbocycles. The summed E-state index contributed by atoms with van der Waals surface area (Å²) in [4.78, 5) is 66.9. The summed E-state index contributed by atoms with van der Waals surface area (Å²) >= 11 is -22.3. The van der Waals surface area contributed by atoms with E-state index >= 15 is 0 Å². The third kappa shape index (κ3) is 30.4. The van der Waals surface area contributed by atoms with Gasteiger partial charge in [0.05, 0.1) is 43.2 Å². The van der Waals surface area contributed by atoms with Crippen LogP contribution < -0.4 is 26.5 Å². The molecule has 1 aliphatic rings. The van der Waals surface area contributed by atoms with E-state index in [1.54, 1.807) is 169 Å². The number of hydrogen-bond acceptors (Lipinski definition) is 13. The molecule has 0 aromatic heterocycles. The number of ether oxygens (including phenoxy) is 1. The molecular formula is C88H79As5O28S. The quantitative estimate of drug-likeness (QED) is 0.0356. The second-order valence-electron chi connectivity index (χ2n) is 26.0. The van der Waals surface area contributed by atoms with Gasteiger partial charge in [-0.1, -0.05) is 116 Å². The van der Waals surface area contributed by atoms with E-state index < -0.39 is 107 Å². The molecular weight excluding hydrogens is 1910 g/mol. The van der Waals surface area contributed by atoms with Gasteiger partial charge in [0.1, 0.15) is 11.5 Å². The van der Waals surface area contributed by atoms with Crippen LogP contribution in [0.4, 0.5) is 0 Å². The largest absolute Gasteiger partial charge is 0.455 e. The van der Waals surface area contributed by atoms with Crippen molar-refractivity contribution in [2.45, 2.75) is 37.0 Å². The summed E-state index contributed by atoms with van der Waals surface area (Å²) in [6.07, 6.45) is 1.16. The first-order valence-electron chi connectivity index (χ1n) is 35.3. The van der Waals surface area contributed by atoms with Crippen molar-refractivity contribution in [3.05, 3.63) is 377 Å². The molecule has 0 saturated heterocycles. The van der Waals surface area contributed by atoms with E-state index in [0.717, 1.165) is 50.4 Å². The van der Waals surface area contributed by atoms with Crippen LogP contribution in [0.3, 0.4) is 0 Å². The summed E-state index contributed by atoms with van der Waals surface area (Å²) in [6.45, 7) is 1.87. The van der Waals surface area contributed by atoms with Crippen molar-refractivity contribution in [1.29, 1.82) is 0 Å². The van der Waals surface area contributed by atoms with E-state index in [1.165, 1.54) is 119 Å². The second-order valence-corrected chi connectivity index (χ2v) is 43.9. The van der Waals surface area contributed by atoms with Gasteiger partial charge >= 0.3 is 351 Å². The van der Waals surface area contributed by atoms with Crippen LogP contribution in [0.2, 0.25) is 0 Å². The molecule has 13 aromatic rings. The number of hydrogen-bond donors (Lipinski definition) is 16. The van der Waals surface area contributed by atoms with Crippen molar-refractivity contribution in [2.24, 2.45) is 0 Å². The van der Waals surface area contributed by atoms with Crippen LogP contribution in [0.15, 0.2) is 325 Å². The first-order chi connectivity index (χ1) is 57.0. The zero-order chi connectivity index (χ0) is 88.6. The van der Waals surface area contributed by atoms with Gasteiger partial charge < -0.3 is 35.4 Å². The molecule has 0 atom stereocenters. The normalized spacial score (nSPS) is 11.2. The van der Waals surface area contributed by atoms with E-state index in [4.69, 9.17) is 76.3 Å². The zero-order valence-corrected chi connectivity index (χ0v) is 73.3. The van der Waals surface area contributed by atoms with Gasteiger partial charge in [-0.3, -0.25) is 0 Å². The molecule has 0 amide bonds. The molecule has 0 aliphatic carbocycles. The Bertz CT molecular complexity index is 5670. The van der Waals surface area contributed by atoms with Gasteiger partial charge in [0.25, 0.3) is 0 Å². The van der Waals surface area contributed by atoms with Crippen molar-refractivity contribution < 1.29 is 124 Å². The van der Waals surface area contributed by atoms with Crippen LogP contribution in [0, 0.1) is 6.92 Å². The number of carbonyl (C=O) groups is 6. The Morgan fingerprint density at radius 2 is 0.467 bits per heavy atom. The molecule has 630 valence electrons. The van der Waals surface area contributed by atoms with Crippen LogP contribution in [0.1, 0.15) is 97.4 Å². The van der Waals surface area contributed by atoms with Crippen molar-refractivity contribution in [1.82, 2.24) is 0 Å². The van der Waals surface area contributed by atoms with Gasteiger partial charge in [0, 0.05) is 0 Å². The molecule has 0 bridgehead atoms. The van der Waals surface area contributed by atoms with Gasteiger partial charge in [-0.15, -0.1) is 0 Å². The molecule has 122 heavy (non-hydrogen) atoms. The fraction of sp³-hybridized carbons (Fsp3) is 0.0455. The molecule has 14 rings (SSSR count). The standard InChI is InChI=1S/C15H12O4.2C14H10O4.C13H14As2O6.C12H12As2O6.C12H8OS.C7H9AsO3.CH4/c16-14(17)12-5-1-10(2-6-12)9-11-3-7-13(8-4-11)15(18)19;15-13(16)11-5-1-9(2-6-11)10-3-7-12(8-4-10)14(17)18;15-13(16)11-5-1-3-9(7-11)10-4-2-6-12(8-10)14(17)18;16-14(17,18)12-5-1-10(2-6-12)9-11-3-7-13(8-4-11)15(19,20)21;15-13(16,17)11-5-1-9(2-6-11)10-3-7-12(8-4-10)14(18,19)20;1-3-7-11-9(5-1)13-10-6-2-4-8-12(10)14-11;1-6-2-4-7(5-3-6)8(9,10)11;/h1-8H,9H2,(H,16,17)(H,18,19);2*1-8H,(H,15,16)(H,17,18);1-8H,9H2,(H2,16,17,18)(H2,19,20,21);1-8H,(H2,15,16,17)(H2,18,19,20);1-8H;2-5H,1H3,(H2,9,10,11);1H4. The number of para-hydroxylation sites is 2. The molecule has 0 saturated carbocycles. The summed E-state index contributed by atoms with van der Waals surface area (Å²) in [5, 5.41) is 53.0. The Morgan fingerprint density at radius 1 is 0.254 bits per heavy atom. The summed E-state index contributed by atoms with van der Waals surface area (Å²) < 4.78 is 151. The Hall–Kier alpha value is -11.8. The molecule has 0 unspecified atom stereocenters. The van der Waals surface area contributed by atoms with Crippen molar-refractivity contribution >= 4 is 140 Å². The number of fused-ring (bicyclic) bond motifs is 2. The number of carboxylic acids is 6. The minimum Gasteiger partial charge on any atom is -0.455 e. The number of aryl methyl sites for hydroxylation is 1. The molecule has 0 spiro atoms. The molecule has 0 fully saturated rings. The topological polar surface area (TPSA) is 521 Å². The molecule has 1 aliphatic heterocycles. The van der Waals surface area contributed by atoms with Gasteiger partial charge in [-0.05, 0) is 137 Å². The van der Waals surface area contributed by atoms with E-state index in [1.807, 2.05) is 43.3 Å². The predicted octanol–water partition coefficient (Wildman–Crippen LogP) is 9.18. The van der Waals surface area contributed by atoms with E-state index in [9.17, 15) is 47.5 Å². The predicted molar refractivity (Wildman–Crippen MR) is 456 cm³/mol. The van der Waals surface area contributed by atoms with Crippen LogP contribution in [-0.2, 0) is 31.5 Å². The van der Waals surface area contributed by atoms with E-state index in [2.05, 4.69) is 12.1 Å². The Labute approximate surface area is 716 Å². The van der Waals surface area contributed by atoms with Gasteiger partial charge in [-0.25, -0.2) is 28.8 Å². The number of carboxylic acid groups (broad SMARTS) is 6. The Kier molecular flexibility index (Phi) is 35.2. The van der Waals surface area contributed by atoms with E-state index in [0.29, 0.717) is 35.1 Å². The van der Waals surface area contributed by atoms with Crippen molar-refractivity contribution in [2.75, 3.05) is 0 Å². The summed E-state index contributed by atoms with van der Waals surface area (Å²) in [5.41, 5.74) is 10.4. The van der Waals surface area contributed by atoms with Crippen molar-refractivity contribution in [3.8, 4) is 44.9 Å². The Morgan fingerprint density at radius 3 is 0.713 bits per heavy atom. The molecule has 0 radical (unpaired) electrons. The summed E-state index contributed by atoms with van der Waals surface area (Å²) in [5.74, 6) is -3.94. The average molecular weight is 1990 g/mol. The van der Waals surface area contributed by atoms with Crippen LogP contribution in [0.5, 0.6) is 11.5 Å². The zero-order valence-electron chi connectivity index (χ0n) is 63.1. The van der Waals surface area contributed by atoms with Gasteiger partial charge in [0.2, 0.25) is 0 Å². The maximum Gasteiger partial charge on any atom is 0.141 e. The number of rotatable bonds is 18.